The third-order valence-electron chi connectivity index (χ3n) is 1.96. The molecule has 1 rings (SSSR count). The maximum absolute atomic E-state index is 3.43. The van der Waals surface area contributed by atoms with Crippen molar-refractivity contribution in [3.05, 3.63) is 0 Å². The molecule has 1 aliphatic heterocycles. The zero-order chi connectivity index (χ0) is 7.23. The highest BCUT2D eigenvalue weighted by molar-refractivity contribution is 7.99. The van der Waals surface area contributed by atoms with Crippen molar-refractivity contribution in [2.45, 2.75) is 19.8 Å². The van der Waals surface area contributed by atoms with E-state index in [0.717, 1.165) is 5.92 Å². The van der Waals surface area contributed by atoms with Gasteiger partial charge in [0.05, 0.1) is 0 Å². The molecule has 0 aliphatic carbocycles. The lowest BCUT2D eigenvalue weighted by atomic mass is 10.0. The maximum atomic E-state index is 3.43. The first-order chi connectivity index (χ1) is 4.93. The summed E-state index contributed by atoms with van der Waals surface area (Å²) < 4.78 is 0. The Morgan fingerprint density at radius 1 is 1.55 bits per heavy atom. The van der Waals surface area contributed by atoms with Crippen molar-refractivity contribution in [3.8, 4) is 0 Å². The second kappa shape index (κ2) is 7.26. The Labute approximate surface area is 80.1 Å². The van der Waals surface area contributed by atoms with Crippen LogP contribution in [0, 0.1) is 5.92 Å². The first-order valence-corrected chi connectivity index (χ1v) is 5.37. The molecule has 68 valence electrons. The summed E-state index contributed by atoms with van der Waals surface area (Å²) in [5.74, 6) is 3.60. The summed E-state index contributed by atoms with van der Waals surface area (Å²) in [5, 5.41) is 3.43. The minimum Gasteiger partial charge on any atom is -0.316 e. The lowest BCUT2D eigenvalue weighted by Gasteiger charge is -2.21. The predicted molar refractivity (Wildman–Crippen MR) is 55.8 cm³/mol. The van der Waals surface area contributed by atoms with Crippen LogP contribution in [0.2, 0.25) is 0 Å². The van der Waals surface area contributed by atoms with Crippen LogP contribution in [0.25, 0.3) is 0 Å². The Morgan fingerprint density at radius 2 is 2.36 bits per heavy atom. The fraction of sp³-hybridized carbons (Fsp3) is 1.00. The molecule has 1 aliphatic rings. The van der Waals surface area contributed by atoms with E-state index in [4.69, 9.17) is 0 Å². The second-order valence-electron chi connectivity index (χ2n) is 2.87. The lowest BCUT2D eigenvalue weighted by molar-refractivity contribution is 0.410. The molecule has 1 atom stereocenters. The number of halogens is 1. The Hall–Kier alpha value is 0.600. The Bertz CT molecular complexity index is 84.2. The number of hydrogen-bond donors (Lipinski definition) is 1. The highest BCUT2D eigenvalue weighted by atomic mass is 35.5. The van der Waals surface area contributed by atoms with Crippen LogP contribution >= 0.6 is 24.2 Å². The van der Waals surface area contributed by atoms with Gasteiger partial charge in [-0.15, -0.1) is 12.4 Å². The summed E-state index contributed by atoms with van der Waals surface area (Å²) in [4.78, 5) is 0. The quantitative estimate of drug-likeness (QED) is 0.741. The number of rotatable bonds is 3. The molecule has 0 amide bonds. The largest absolute Gasteiger partial charge is 0.316 e. The maximum Gasteiger partial charge on any atom is -0.00126 e. The molecule has 11 heavy (non-hydrogen) atoms. The van der Waals surface area contributed by atoms with E-state index in [9.17, 15) is 0 Å². The molecular formula is C8H18ClNS. The minimum absolute atomic E-state index is 0. The van der Waals surface area contributed by atoms with Crippen molar-refractivity contribution in [3.63, 3.8) is 0 Å². The molecule has 0 aromatic heterocycles. The van der Waals surface area contributed by atoms with E-state index in [1.165, 1.54) is 37.4 Å². The molecule has 3 heteroatoms. The van der Waals surface area contributed by atoms with E-state index >= 15 is 0 Å². The van der Waals surface area contributed by atoms with Gasteiger partial charge in [0, 0.05) is 0 Å². The molecule has 0 aromatic rings. The van der Waals surface area contributed by atoms with Crippen molar-refractivity contribution in [2.75, 3.05) is 24.6 Å². The summed E-state index contributed by atoms with van der Waals surface area (Å²) in [6.45, 7) is 4.74. The SMILES string of the molecule is CCSCC1CCCNC1.Cl. The van der Waals surface area contributed by atoms with Gasteiger partial charge in [0.25, 0.3) is 0 Å². The summed E-state index contributed by atoms with van der Waals surface area (Å²) in [6, 6.07) is 0. The van der Waals surface area contributed by atoms with Crippen LogP contribution in [0.1, 0.15) is 19.8 Å². The fourth-order valence-corrected chi connectivity index (χ4v) is 2.20. The van der Waals surface area contributed by atoms with Crippen molar-refractivity contribution in [1.29, 1.82) is 0 Å². The normalized spacial score (nSPS) is 24.3. The van der Waals surface area contributed by atoms with Crippen LogP contribution in [-0.4, -0.2) is 24.6 Å². The van der Waals surface area contributed by atoms with E-state index in [1.54, 1.807) is 0 Å². The number of thioether (sulfide) groups is 1. The molecule has 0 bridgehead atoms. The summed E-state index contributed by atoms with van der Waals surface area (Å²) in [6.07, 6.45) is 2.83. The summed E-state index contributed by atoms with van der Waals surface area (Å²) >= 11 is 2.07. The van der Waals surface area contributed by atoms with E-state index in [0.29, 0.717) is 0 Å². The van der Waals surface area contributed by atoms with E-state index in [-0.39, 0.29) is 12.4 Å². The van der Waals surface area contributed by atoms with E-state index < -0.39 is 0 Å². The van der Waals surface area contributed by atoms with Crippen LogP contribution < -0.4 is 5.32 Å². The van der Waals surface area contributed by atoms with Gasteiger partial charge in [-0.25, -0.2) is 0 Å². The number of hydrogen-bond acceptors (Lipinski definition) is 2. The molecule has 1 fully saturated rings. The van der Waals surface area contributed by atoms with Gasteiger partial charge in [0.1, 0.15) is 0 Å². The predicted octanol–water partition coefficient (Wildman–Crippen LogP) is 2.16. The Morgan fingerprint density at radius 3 is 2.91 bits per heavy atom. The van der Waals surface area contributed by atoms with Crippen LogP contribution in [0.15, 0.2) is 0 Å². The molecule has 1 nitrogen and oxygen atoms in total. The average Bonchev–Trinajstić information content (AvgIpc) is 2.03. The summed E-state index contributed by atoms with van der Waals surface area (Å²) in [7, 11) is 0. The molecular weight excluding hydrogens is 178 g/mol. The zero-order valence-corrected chi connectivity index (χ0v) is 8.77. The first-order valence-electron chi connectivity index (χ1n) is 4.22. The van der Waals surface area contributed by atoms with Gasteiger partial charge >= 0.3 is 0 Å². The van der Waals surface area contributed by atoms with Crippen molar-refractivity contribution >= 4 is 24.2 Å². The molecule has 0 aromatic carbocycles. The highest BCUT2D eigenvalue weighted by Crippen LogP contribution is 2.15. The van der Waals surface area contributed by atoms with Crippen molar-refractivity contribution in [2.24, 2.45) is 5.92 Å². The third kappa shape index (κ3) is 4.94. The van der Waals surface area contributed by atoms with Crippen LogP contribution in [-0.2, 0) is 0 Å². The monoisotopic (exact) mass is 195 g/mol. The van der Waals surface area contributed by atoms with Crippen LogP contribution in [0.4, 0.5) is 0 Å². The van der Waals surface area contributed by atoms with Crippen molar-refractivity contribution < 1.29 is 0 Å². The molecule has 0 spiro atoms. The Kier molecular flexibility index (Phi) is 7.66. The third-order valence-corrected chi connectivity index (χ3v) is 3.07. The average molecular weight is 196 g/mol. The van der Waals surface area contributed by atoms with Crippen LogP contribution in [0.5, 0.6) is 0 Å². The second-order valence-corrected chi connectivity index (χ2v) is 4.19. The smallest absolute Gasteiger partial charge is 0.00126 e. The first kappa shape index (κ1) is 11.6. The minimum atomic E-state index is 0. The topological polar surface area (TPSA) is 12.0 Å². The van der Waals surface area contributed by atoms with Gasteiger partial charge in [0.15, 0.2) is 0 Å². The highest BCUT2D eigenvalue weighted by Gasteiger charge is 2.11. The molecule has 1 saturated heterocycles. The number of nitrogens with one attached hydrogen (secondary N) is 1. The lowest BCUT2D eigenvalue weighted by Crippen LogP contribution is -2.30. The zero-order valence-electron chi connectivity index (χ0n) is 7.14. The number of piperidine rings is 1. The molecule has 1 heterocycles. The molecule has 1 unspecified atom stereocenters. The van der Waals surface area contributed by atoms with Gasteiger partial charge in [-0.05, 0) is 43.4 Å². The van der Waals surface area contributed by atoms with Gasteiger partial charge in [0.2, 0.25) is 0 Å². The Balaban J connectivity index is 0.000001000. The van der Waals surface area contributed by atoms with Crippen LogP contribution in [0.3, 0.4) is 0 Å². The standard InChI is InChI=1S/C8H17NS.ClH/c1-2-10-7-8-4-3-5-9-6-8;/h8-9H,2-7H2,1H3;1H. The molecule has 0 saturated carbocycles. The van der Waals surface area contributed by atoms with Gasteiger partial charge in [-0.1, -0.05) is 6.92 Å². The molecule has 0 radical (unpaired) electrons. The molecule has 1 N–H and O–H groups in total. The van der Waals surface area contributed by atoms with Crippen molar-refractivity contribution in [1.82, 2.24) is 5.32 Å². The van der Waals surface area contributed by atoms with E-state index in [1.807, 2.05) is 0 Å². The van der Waals surface area contributed by atoms with E-state index in [2.05, 4.69) is 24.0 Å². The fourth-order valence-electron chi connectivity index (χ4n) is 1.35. The van der Waals surface area contributed by atoms with Gasteiger partial charge in [-0.3, -0.25) is 0 Å². The van der Waals surface area contributed by atoms with Gasteiger partial charge < -0.3 is 5.32 Å². The van der Waals surface area contributed by atoms with Gasteiger partial charge in [-0.2, -0.15) is 11.8 Å². The summed E-state index contributed by atoms with van der Waals surface area (Å²) in [5.41, 5.74) is 0.